The van der Waals surface area contributed by atoms with Crippen molar-refractivity contribution in [3.8, 4) is 11.8 Å². The third kappa shape index (κ3) is 4.34. The molecule has 4 aromatic rings. The molecule has 36 heavy (non-hydrogen) atoms. The van der Waals surface area contributed by atoms with E-state index in [1.165, 1.54) is 6.42 Å². The molecule has 0 unspecified atom stereocenters. The number of nitrogens with zero attached hydrogens (tertiary/aromatic N) is 5. The maximum Gasteiger partial charge on any atom is 0.326 e. The molecule has 4 heterocycles. The predicted octanol–water partition coefficient (Wildman–Crippen LogP) is 5.09. The topological polar surface area (TPSA) is 95.3 Å². The van der Waals surface area contributed by atoms with Crippen molar-refractivity contribution in [2.75, 3.05) is 43.4 Å². The van der Waals surface area contributed by atoms with Crippen LogP contribution in [0.1, 0.15) is 36.6 Å². The SMILES string of the molecule is Cc1cc2c(F)c(Oc3nc(Nc4cc(C5CCC5)no4)cc(N4CCN(C)CC4)n3)cc(F)c2[nH]1. The minimum Gasteiger partial charge on any atom is -0.421 e. The number of nitrogens with one attached hydrogen (secondary N) is 2. The highest BCUT2D eigenvalue weighted by Gasteiger charge is 2.24. The fourth-order valence-corrected chi connectivity index (χ4v) is 4.60. The summed E-state index contributed by atoms with van der Waals surface area (Å²) in [6, 6.07) is 6.11. The van der Waals surface area contributed by atoms with E-state index in [1.807, 2.05) is 6.07 Å². The lowest BCUT2D eigenvalue weighted by atomic mass is 9.83. The summed E-state index contributed by atoms with van der Waals surface area (Å²) < 4.78 is 41.1. The Morgan fingerprint density at radius 3 is 2.64 bits per heavy atom. The summed E-state index contributed by atoms with van der Waals surface area (Å²) in [6.07, 6.45) is 3.42. The normalized spacial score (nSPS) is 16.9. The minimum absolute atomic E-state index is 0.0967. The van der Waals surface area contributed by atoms with Crippen molar-refractivity contribution in [2.24, 2.45) is 0 Å². The molecule has 3 aromatic heterocycles. The second-order valence-corrected chi connectivity index (χ2v) is 9.57. The van der Waals surface area contributed by atoms with Crippen LogP contribution in [0.3, 0.4) is 0 Å². The first kappa shape index (κ1) is 22.7. The molecule has 2 fully saturated rings. The third-order valence-corrected chi connectivity index (χ3v) is 6.93. The summed E-state index contributed by atoms with van der Waals surface area (Å²) in [4.78, 5) is 16.1. The minimum atomic E-state index is -0.681. The number of piperazine rings is 1. The van der Waals surface area contributed by atoms with Crippen LogP contribution in [-0.4, -0.2) is 58.2 Å². The fourth-order valence-electron chi connectivity index (χ4n) is 4.60. The number of aryl methyl sites for hydroxylation is 1. The van der Waals surface area contributed by atoms with Gasteiger partial charge in [0.1, 0.15) is 11.6 Å². The van der Waals surface area contributed by atoms with Gasteiger partial charge in [0.15, 0.2) is 17.4 Å². The van der Waals surface area contributed by atoms with Crippen LogP contribution in [-0.2, 0) is 0 Å². The van der Waals surface area contributed by atoms with Crippen LogP contribution in [0.4, 0.5) is 26.3 Å². The molecule has 0 atom stereocenters. The Labute approximate surface area is 206 Å². The van der Waals surface area contributed by atoms with E-state index >= 15 is 4.39 Å². The maximum atomic E-state index is 15.2. The summed E-state index contributed by atoms with van der Waals surface area (Å²) >= 11 is 0. The zero-order chi connectivity index (χ0) is 24.8. The number of hydrogen-bond donors (Lipinski definition) is 2. The van der Waals surface area contributed by atoms with Crippen LogP contribution >= 0.6 is 0 Å². The number of anilines is 3. The van der Waals surface area contributed by atoms with Crippen LogP contribution in [0.25, 0.3) is 10.9 Å². The number of hydrogen-bond acceptors (Lipinski definition) is 8. The van der Waals surface area contributed by atoms with E-state index in [2.05, 4.69) is 42.3 Å². The standard InChI is InChI=1S/C25H27F2N7O2/c1-14-10-16-23(27)19(11-17(26)24(16)28-14)35-25-30-20(13-21(31-25)34-8-6-33(2)7-9-34)29-22-12-18(32-36-22)15-4-3-5-15/h10-13,15,28H,3-9H2,1-2H3,(H,29,30,31). The molecule has 0 radical (unpaired) electrons. The molecule has 9 nitrogen and oxygen atoms in total. The monoisotopic (exact) mass is 495 g/mol. The quantitative estimate of drug-likeness (QED) is 0.382. The highest BCUT2D eigenvalue weighted by atomic mass is 19.1. The average molecular weight is 496 g/mol. The molecule has 0 amide bonds. The van der Waals surface area contributed by atoms with Gasteiger partial charge in [0, 0.05) is 61.4 Å². The van der Waals surface area contributed by atoms with Crippen molar-refractivity contribution in [1.29, 1.82) is 0 Å². The van der Waals surface area contributed by atoms with Gasteiger partial charge in [-0.2, -0.15) is 9.97 Å². The summed E-state index contributed by atoms with van der Waals surface area (Å²) in [5, 5.41) is 7.42. The van der Waals surface area contributed by atoms with E-state index in [4.69, 9.17) is 9.26 Å². The molecular weight excluding hydrogens is 468 g/mol. The summed E-state index contributed by atoms with van der Waals surface area (Å²) in [7, 11) is 2.07. The van der Waals surface area contributed by atoms with Crippen molar-refractivity contribution >= 4 is 28.4 Å². The Morgan fingerprint density at radius 2 is 1.89 bits per heavy atom. The third-order valence-electron chi connectivity index (χ3n) is 6.93. The molecule has 0 spiro atoms. The summed E-state index contributed by atoms with van der Waals surface area (Å²) in [5.74, 6) is 0.324. The highest BCUT2D eigenvalue weighted by molar-refractivity contribution is 5.83. The van der Waals surface area contributed by atoms with Gasteiger partial charge in [0.25, 0.3) is 0 Å². The van der Waals surface area contributed by atoms with Crippen LogP contribution in [0, 0.1) is 18.6 Å². The van der Waals surface area contributed by atoms with E-state index in [-0.39, 0.29) is 22.7 Å². The van der Waals surface area contributed by atoms with Crippen molar-refractivity contribution in [3.63, 3.8) is 0 Å². The van der Waals surface area contributed by atoms with Gasteiger partial charge >= 0.3 is 6.01 Å². The van der Waals surface area contributed by atoms with Crippen LogP contribution in [0.15, 0.2) is 28.8 Å². The zero-order valence-corrected chi connectivity index (χ0v) is 20.1. The summed E-state index contributed by atoms with van der Waals surface area (Å²) in [5.41, 5.74) is 1.66. The van der Waals surface area contributed by atoms with Crippen molar-refractivity contribution in [1.82, 2.24) is 25.0 Å². The lowest BCUT2D eigenvalue weighted by Crippen LogP contribution is -2.44. The lowest BCUT2D eigenvalue weighted by molar-refractivity contribution is 0.311. The zero-order valence-electron chi connectivity index (χ0n) is 20.1. The average Bonchev–Trinajstić information content (AvgIpc) is 3.43. The number of fused-ring (bicyclic) bond motifs is 1. The molecule has 188 valence electrons. The number of benzene rings is 1. The van der Waals surface area contributed by atoms with Gasteiger partial charge in [-0.25, -0.2) is 8.78 Å². The van der Waals surface area contributed by atoms with Gasteiger partial charge in [-0.05, 0) is 32.9 Å². The Morgan fingerprint density at radius 1 is 1.08 bits per heavy atom. The number of likely N-dealkylation sites (N-methyl/N-ethyl adjacent to an activating group) is 1. The molecule has 6 rings (SSSR count). The molecule has 11 heteroatoms. The number of ether oxygens (including phenoxy) is 1. The van der Waals surface area contributed by atoms with Crippen LogP contribution in [0.5, 0.6) is 11.8 Å². The van der Waals surface area contributed by atoms with E-state index in [9.17, 15) is 4.39 Å². The largest absolute Gasteiger partial charge is 0.421 e. The van der Waals surface area contributed by atoms with Crippen molar-refractivity contribution in [3.05, 3.63) is 47.3 Å². The van der Waals surface area contributed by atoms with Gasteiger partial charge < -0.3 is 29.4 Å². The first-order valence-corrected chi connectivity index (χ1v) is 12.1. The van der Waals surface area contributed by atoms with Gasteiger partial charge in [-0.1, -0.05) is 11.6 Å². The molecule has 1 aromatic carbocycles. The molecular formula is C25H27F2N7O2. The second-order valence-electron chi connectivity index (χ2n) is 9.57. The first-order valence-electron chi connectivity index (χ1n) is 12.1. The fraction of sp³-hybridized carbons (Fsp3) is 0.400. The van der Waals surface area contributed by atoms with Gasteiger partial charge in [-0.3, -0.25) is 0 Å². The van der Waals surface area contributed by atoms with E-state index < -0.39 is 11.6 Å². The second kappa shape index (κ2) is 9.05. The number of halogens is 2. The van der Waals surface area contributed by atoms with Crippen molar-refractivity contribution < 1.29 is 18.0 Å². The van der Waals surface area contributed by atoms with Gasteiger partial charge in [-0.15, -0.1) is 0 Å². The lowest BCUT2D eigenvalue weighted by Gasteiger charge is -2.33. The smallest absolute Gasteiger partial charge is 0.326 e. The number of H-pyrrole nitrogens is 1. The maximum absolute atomic E-state index is 15.2. The molecule has 1 saturated heterocycles. The molecule has 2 aliphatic rings. The van der Waals surface area contributed by atoms with Gasteiger partial charge in [0.05, 0.1) is 11.2 Å². The number of rotatable bonds is 6. The molecule has 1 aliphatic heterocycles. The van der Waals surface area contributed by atoms with E-state index in [0.29, 0.717) is 29.1 Å². The Bertz CT molecular complexity index is 1410. The highest BCUT2D eigenvalue weighted by Crippen LogP contribution is 2.37. The van der Waals surface area contributed by atoms with Crippen molar-refractivity contribution in [2.45, 2.75) is 32.1 Å². The summed E-state index contributed by atoms with van der Waals surface area (Å²) in [6.45, 7) is 5.01. The molecule has 1 saturated carbocycles. The number of aromatic nitrogens is 4. The molecule has 1 aliphatic carbocycles. The Balaban J connectivity index is 1.33. The number of aromatic amines is 1. The molecule has 0 bridgehead atoms. The van der Waals surface area contributed by atoms with Gasteiger partial charge in [0.2, 0.25) is 5.88 Å². The first-order chi connectivity index (χ1) is 17.4. The molecule has 2 N–H and O–H groups in total. The Hall–Kier alpha value is -3.73. The Kier molecular flexibility index (Phi) is 5.71. The predicted molar refractivity (Wildman–Crippen MR) is 131 cm³/mol. The van der Waals surface area contributed by atoms with Crippen LogP contribution in [0.2, 0.25) is 0 Å². The van der Waals surface area contributed by atoms with E-state index in [1.54, 1.807) is 19.1 Å². The van der Waals surface area contributed by atoms with E-state index in [0.717, 1.165) is 50.8 Å². The van der Waals surface area contributed by atoms with Crippen LogP contribution < -0.4 is 15.0 Å².